The Bertz CT molecular complexity index is 486. The van der Waals surface area contributed by atoms with Crippen molar-refractivity contribution in [2.24, 2.45) is 11.3 Å². The third-order valence-electron chi connectivity index (χ3n) is 5.41. The number of anilines is 1. The van der Waals surface area contributed by atoms with Crippen LogP contribution in [-0.4, -0.2) is 20.1 Å². The number of nitrogens with one attached hydrogen (secondary N) is 1. The van der Waals surface area contributed by atoms with Crippen molar-refractivity contribution in [3.63, 3.8) is 0 Å². The minimum atomic E-state index is 0.719. The number of hydrogen-bond acceptors (Lipinski definition) is 2. The Kier molecular flexibility index (Phi) is 2.63. The van der Waals surface area contributed by atoms with Gasteiger partial charge in [-0.05, 0) is 60.6 Å². The monoisotopic (exact) mass is 256 g/mol. The van der Waals surface area contributed by atoms with Gasteiger partial charge in [-0.25, -0.2) is 0 Å². The molecule has 2 aliphatic carbocycles. The van der Waals surface area contributed by atoms with Crippen LogP contribution in [0.15, 0.2) is 18.2 Å². The Morgan fingerprint density at radius 3 is 2.89 bits per heavy atom. The van der Waals surface area contributed by atoms with Crippen LogP contribution in [-0.2, 0) is 13.0 Å². The Balaban J connectivity index is 1.36. The summed E-state index contributed by atoms with van der Waals surface area (Å²) < 4.78 is 0. The maximum atomic E-state index is 3.71. The molecule has 102 valence electrons. The zero-order chi connectivity index (χ0) is 12.9. The molecule has 0 saturated heterocycles. The van der Waals surface area contributed by atoms with E-state index in [2.05, 4.69) is 35.5 Å². The predicted octanol–water partition coefficient (Wildman–Crippen LogP) is 2.96. The van der Waals surface area contributed by atoms with Gasteiger partial charge in [0.15, 0.2) is 0 Å². The van der Waals surface area contributed by atoms with E-state index in [-0.39, 0.29) is 0 Å². The van der Waals surface area contributed by atoms with Crippen molar-refractivity contribution >= 4 is 5.69 Å². The molecule has 1 aliphatic heterocycles. The smallest absolute Gasteiger partial charge is 0.0397 e. The van der Waals surface area contributed by atoms with Gasteiger partial charge in [0.25, 0.3) is 0 Å². The zero-order valence-corrected chi connectivity index (χ0v) is 11.9. The highest BCUT2D eigenvalue weighted by Gasteiger charge is 2.53. The van der Waals surface area contributed by atoms with Crippen LogP contribution in [0.1, 0.15) is 36.8 Å². The number of benzene rings is 1. The number of rotatable bonds is 5. The molecule has 2 fully saturated rings. The second-order valence-corrected chi connectivity index (χ2v) is 6.87. The fourth-order valence-corrected chi connectivity index (χ4v) is 3.77. The fourth-order valence-electron chi connectivity index (χ4n) is 3.77. The van der Waals surface area contributed by atoms with Gasteiger partial charge in [0.1, 0.15) is 0 Å². The van der Waals surface area contributed by atoms with Crippen molar-refractivity contribution in [3.05, 3.63) is 29.3 Å². The lowest BCUT2D eigenvalue weighted by atomic mass is 10.0. The van der Waals surface area contributed by atoms with Gasteiger partial charge in [0.05, 0.1) is 0 Å². The first-order chi connectivity index (χ1) is 9.27. The number of likely N-dealkylation sites (N-methyl/N-ethyl adjacent to an activating group) is 1. The van der Waals surface area contributed by atoms with Crippen LogP contribution < -0.4 is 10.2 Å². The summed E-state index contributed by atoms with van der Waals surface area (Å²) in [7, 11) is 2.19. The van der Waals surface area contributed by atoms with Crippen molar-refractivity contribution in [1.29, 1.82) is 0 Å². The molecule has 0 spiro atoms. The Hall–Kier alpha value is -1.02. The van der Waals surface area contributed by atoms with E-state index in [4.69, 9.17) is 0 Å². The summed E-state index contributed by atoms with van der Waals surface area (Å²) in [5, 5.41) is 3.71. The van der Waals surface area contributed by atoms with Crippen LogP contribution in [0.5, 0.6) is 0 Å². The summed E-state index contributed by atoms with van der Waals surface area (Å²) in [6.45, 7) is 3.47. The molecular weight excluding hydrogens is 232 g/mol. The van der Waals surface area contributed by atoms with Crippen LogP contribution in [0, 0.1) is 11.3 Å². The molecule has 19 heavy (non-hydrogen) atoms. The summed E-state index contributed by atoms with van der Waals surface area (Å²) in [6.07, 6.45) is 7.14. The van der Waals surface area contributed by atoms with E-state index in [9.17, 15) is 0 Å². The zero-order valence-electron chi connectivity index (χ0n) is 11.9. The van der Waals surface area contributed by atoms with Gasteiger partial charge in [0.2, 0.25) is 0 Å². The van der Waals surface area contributed by atoms with Gasteiger partial charge in [-0.1, -0.05) is 12.1 Å². The summed E-state index contributed by atoms with van der Waals surface area (Å²) in [4.78, 5) is 2.36. The van der Waals surface area contributed by atoms with E-state index in [1.807, 2.05) is 0 Å². The first-order valence-corrected chi connectivity index (χ1v) is 7.81. The first-order valence-electron chi connectivity index (χ1n) is 7.81. The SMILES string of the molecule is CN1CCc2cc(CNCC3(C4CC4)CC3)ccc21. The third-order valence-corrected chi connectivity index (χ3v) is 5.41. The lowest BCUT2D eigenvalue weighted by Crippen LogP contribution is -2.25. The van der Waals surface area contributed by atoms with Gasteiger partial charge in [-0.3, -0.25) is 0 Å². The molecule has 2 nitrogen and oxygen atoms in total. The Labute approximate surface area is 116 Å². The number of fused-ring (bicyclic) bond motifs is 1. The Morgan fingerprint density at radius 2 is 2.16 bits per heavy atom. The van der Waals surface area contributed by atoms with Gasteiger partial charge in [0, 0.05) is 32.4 Å². The summed E-state index contributed by atoms with van der Waals surface area (Å²) in [5.41, 5.74) is 5.14. The summed E-state index contributed by atoms with van der Waals surface area (Å²) in [6, 6.07) is 7.00. The molecule has 1 heterocycles. The molecule has 0 unspecified atom stereocenters. The van der Waals surface area contributed by atoms with E-state index >= 15 is 0 Å². The molecule has 1 N–H and O–H groups in total. The van der Waals surface area contributed by atoms with Crippen LogP contribution in [0.4, 0.5) is 5.69 Å². The van der Waals surface area contributed by atoms with Gasteiger partial charge in [-0.2, -0.15) is 0 Å². The third kappa shape index (κ3) is 2.16. The molecule has 0 aromatic heterocycles. The second-order valence-electron chi connectivity index (χ2n) is 6.87. The number of hydrogen-bond donors (Lipinski definition) is 1. The van der Waals surface area contributed by atoms with Crippen LogP contribution >= 0.6 is 0 Å². The normalized spacial score (nSPS) is 23.5. The van der Waals surface area contributed by atoms with E-state index in [0.717, 1.165) is 17.9 Å². The molecule has 0 bridgehead atoms. The van der Waals surface area contributed by atoms with Crippen molar-refractivity contribution in [1.82, 2.24) is 5.32 Å². The minimum Gasteiger partial charge on any atom is -0.374 e. The highest BCUT2D eigenvalue weighted by Crippen LogP contribution is 2.60. The molecule has 0 radical (unpaired) electrons. The molecular formula is C17H24N2. The lowest BCUT2D eigenvalue weighted by Gasteiger charge is -2.16. The first kappa shape index (κ1) is 11.8. The standard InChI is InChI=1S/C17H24N2/c1-19-9-6-14-10-13(2-5-16(14)19)11-18-12-17(7-8-17)15-3-4-15/h2,5,10,15,18H,3-4,6-9,11-12H2,1H3. The Morgan fingerprint density at radius 1 is 1.32 bits per heavy atom. The van der Waals surface area contributed by atoms with E-state index < -0.39 is 0 Å². The number of nitrogens with zero attached hydrogens (tertiary/aromatic N) is 1. The van der Waals surface area contributed by atoms with E-state index in [1.165, 1.54) is 62.0 Å². The van der Waals surface area contributed by atoms with Crippen LogP contribution in [0.3, 0.4) is 0 Å². The van der Waals surface area contributed by atoms with Crippen molar-refractivity contribution < 1.29 is 0 Å². The largest absolute Gasteiger partial charge is 0.374 e. The molecule has 3 aliphatic rings. The van der Waals surface area contributed by atoms with Gasteiger partial charge in [-0.15, -0.1) is 0 Å². The molecule has 2 heteroatoms. The predicted molar refractivity (Wildman–Crippen MR) is 79.5 cm³/mol. The molecule has 0 amide bonds. The van der Waals surface area contributed by atoms with E-state index in [1.54, 1.807) is 0 Å². The van der Waals surface area contributed by atoms with Crippen molar-refractivity contribution in [2.75, 3.05) is 25.0 Å². The highest BCUT2D eigenvalue weighted by molar-refractivity contribution is 5.58. The summed E-state index contributed by atoms with van der Waals surface area (Å²) >= 11 is 0. The van der Waals surface area contributed by atoms with Crippen LogP contribution in [0.25, 0.3) is 0 Å². The topological polar surface area (TPSA) is 15.3 Å². The summed E-state index contributed by atoms with van der Waals surface area (Å²) in [5.74, 6) is 1.06. The fraction of sp³-hybridized carbons (Fsp3) is 0.647. The molecule has 2 saturated carbocycles. The van der Waals surface area contributed by atoms with Gasteiger partial charge < -0.3 is 10.2 Å². The maximum absolute atomic E-state index is 3.71. The highest BCUT2D eigenvalue weighted by atomic mass is 15.1. The maximum Gasteiger partial charge on any atom is 0.0397 e. The average molecular weight is 256 g/mol. The molecule has 4 rings (SSSR count). The minimum absolute atomic E-state index is 0.719. The average Bonchev–Trinajstić information content (AvgIpc) is 3.30. The lowest BCUT2D eigenvalue weighted by molar-refractivity contribution is 0.403. The van der Waals surface area contributed by atoms with Gasteiger partial charge >= 0.3 is 0 Å². The molecule has 1 aromatic rings. The van der Waals surface area contributed by atoms with Crippen molar-refractivity contribution in [2.45, 2.75) is 38.6 Å². The quantitative estimate of drug-likeness (QED) is 0.871. The molecule has 1 aromatic carbocycles. The van der Waals surface area contributed by atoms with E-state index in [0.29, 0.717) is 0 Å². The van der Waals surface area contributed by atoms with Crippen LogP contribution in [0.2, 0.25) is 0 Å². The molecule has 0 atom stereocenters. The second kappa shape index (κ2) is 4.24. The van der Waals surface area contributed by atoms with Crippen molar-refractivity contribution in [3.8, 4) is 0 Å².